The molecular weight excluding hydrogens is 209 g/mol. The number of nitrogens with one attached hydrogen (secondary N) is 2. The van der Waals surface area contributed by atoms with Crippen LogP contribution in [0.15, 0.2) is 12.3 Å². The molecule has 6 heteroatoms. The largest absolute Gasteiger partial charge is 0.394 e. The third-order valence-electron chi connectivity index (χ3n) is 2.91. The SMILES string of the molecule is FC(F)(F)C1(CCOC2C=CNN2)CC1. The van der Waals surface area contributed by atoms with Gasteiger partial charge in [-0.15, -0.1) is 0 Å². The smallest absolute Gasteiger partial charge is 0.358 e. The van der Waals surface area contributed by atoms with Gasteiger partial charge in [0.1, 0.15) is 6.23 Å². The molecule has 0 amide bonds. The van der Waals surface area contributed by atoms with Crippen molar-refractivity contribution in [2.45, 2.75) is 31.7 Å². The van der Waals surface area contributed by atoms with Crippen LogP contribution in [0.25, 0.3) is 0 Å². The maximum Gasteiger partial charge on any atom is 0.394 e. The molecule has 2 N–H and O–H groups in total. The first-order valence-electron chi connectivity index (χ1n) is 4.90. The lowest BCUT2D eigenvalue weighted by molar-refractivity contribution is -0.192. The zero-order valence-electron chi connectivity index (χ0n) is 8.10. The fourth-order valence-electron chi connectivity index (χ4n) is 1.62. The molecule has 0 aromatic rings. The van der Waals surface area contributed by atoms with Crippen molar-refractivity contribution in [3.8, 4) is 0 Å². The highest BCUT2D eigenvalue weighted by Gasteiger charge is 2.62. The van der Waals surface area contributed by atoms with Gasteiger partial charge in [0.15, 0.2) is 0 Å². The van der Waals surface area contributed by atoms with Gasteiger partial charge < -0.3 is 10.2 Å². The van der Waals surface area contributed by atoms with Crippen LogP contribution in [-0.4, -0.2) is 19.0 Å². The maximum atomic E-state index is 12.5. The predicted octanol–water partition coefficient (Wildman–Crippen LogP) is 1.68. The Morgan fingerprint density at radius 2 is 2.13 bits per heavy atom. The highest BCUT2D eigenvalue weighted by molar-refractivity contribution is 4.99. The molecule has 1 atom stereocenters. The van der Waals surface area contributed by atoms with Crippen LogP contribution in [0.1, 0.15) is 19.3 Å². The van der Waals surface area contributed by atoms with Gasteiger partial charge in [-0.2, -0.15) is 13.2 Å². The van der Waals surface area contributed by atoms with Crippen molar-refractivity contribution in [2.75, 3.05) is 6.61 Å². The van der Waals surface area contributed by atoms with Gasteiger partial charge in [0.25, 0.3) is 0 Å². The lowest BCUT2D eigenvalue weighted by Gasteiger charge is -2.19. The zero-order chi connectivity index (χ0) is 10.9. The van der Waals surface area contributed by atoms with Crippen molar-refractivity contribution in [2.24, 2.45) is 5.41 Å². The molecule has 1 aliphatic carbocycles. The summed E-state index contributed by atoms with van der Waals surface area (Å²) in [6.45, 7) is 0.128. The number of hydrazine groups is 1. The van der Waals surface area contributed by atoms with E-state index in [1.54, 1.807) is 12.3 Å². The first-order valence-corrected chi connectivity index (χ1v) is 4.90. The molecule has 0 aromatic heterocycles. The fraction of sp³-hybridized carbons (Fsp3) is 0.778. The Bertz CT molecular complexity index is 261. The Kier molecular flexibility index (Phi) is 2.64. The fourth-order valence-corrected chi connectivity index (χ4v) is 1.62. The summed E-state index contributed by atoms with van der Waals surface area (Å²) in [7, 11) is 0. The van der Waals surface area contributed by atoms with Crippen molar-refractivity contribution in [3.05, 3.63) is 12.3 Å². The molecule has 15 heavy (non-hydrogen) atoms. The zero-order valence-corrected chi connectivity index (χ0v) is 8.10. The van der Waals surface area contributed by atoms with Gasteiger partial charge in [0.05, 0.1) is 5.41 Å². The first-order chi connectivity index (χ1) is 7.04. The summed E-state index contributed by atoms with van der Waals surface area (Å²) in [5.41, 5.74) is 3.97. The van der Waals surface area contributed by atoms with Crippen molar-refractivity contribution in [1.29, 1.82) is 0 Å². The molecule has 2 rings (SSSR count). The average Bonchev–Trinajstić information content (AvgIpc) is 2.75. The number of alkyl halides is 3. The van der Waals surface area contributed by atoms with Crippen molar-refractivity contribution < 1.29 is 17.9 Å². The van der Waals surface area contributed by atoms with Crippen LogP contribution in [0.5, 0.6) is 0 Å². The third kappa shape index (κ3) is 2.26. The summed E-state index contributed by atoms with van der Waals surface area (Å²) >= 11 is 0. The topological polar surface area (TPSA) is 33.3 Å². The first kappa shape index (κ1) is 10.8. The molecule has 1 fully saturated rings. The summed E-state index contributed by atoms with van der Waals surface area (Å²) in [5.74, 6) is 0. The van der Waals surface area contributed by atoms with Crippen molar-refractivity contribution in [3.63, 3.8) is 0 Å². The van der Waals surface area contributed by atoms with Gasteiger partial charge >= 0.3 is 6.18 Å². The van der Waals surface area contributed by atoms with Crippen LogP contribution in [0.3, 0.4) is 0 Å². The van der Waals surface area contributed by atoms with Crippen molar-refractivity contribution in [1.82, 2.24) is 10.9 Å². The summed E-state index contributed by atoms with van der Waals surface area (Å²) in [5, 5.41) is 0. The minimum Gasteiger partial charge on any atom is -0.358 e. The maximum absolute atomic E-state index is 12.5. The molecule has 2 aliphatic rings. The molecule has 1 unspecified atom stereocenters. The number of ether oxygens (including phenoxy) is 1. The Balaban J connectivity index is 1.72. The molecular formula is C9H13F3N2O. The second kappa shape index (κ2) is 3.68. The van der Waals surface area contributed by atoms with E-state index in [0.29, 0.717) is 0 Å². The Morgan fingerprint density at radius 3 is 2.60 bits per heavy atom. The quantitative estimate of drug-likeness (QED) is 0.759. The van der Waals surface area contributed by atoms with Crippen LogP contribution >= 0.6 is 0 Å². The highest BCUT2D eigenvalue weighted by Crippen LogP contribution is 2.59. The molecule has 3 nitrogen and oxygen atoms in total. The second-order valence-electron chi connectivity index (χ2n) is 3.97. The Morgan fingerprint density at radius 1 is 1.40 bits per heavy atom. The molecule has 0 saturated heterocycles. The minimum absolute atomic E-state index is 0.0581. The summed E-state index contributed by atoms with van der Waals surface area (Å²) < 4.78 is 42.7. The molecule has 0 aromatic carbocycles. The van der Waals surface area contributed by atoms with E-state index in [1.807, 2.05) is 0 Å². The molecule has 1 heterocycles. The second-order valence-corrected chi connectivity index (χ2v) is 3.97. The van der Waals surface area contributed by atoms with Crippen LogP contribution in [0.4, 0.5) is 13.2 Å². The lowest BCUT2D eigenvalue weighted by Crippen LogP contribution is -2.34. The lowest BCUT2D eigenvalue weighted by atomic mass is 10.0. The molecule has 0 radical (unpaired) electrons. The number of hydrogen-bond acceptors (Lipinski definition) is 3. The number of halogens is 3. The molecule has 86 valence electrons. The van der Waals surface area contributed by atoms with E-state index in [4.69, 9.17) is 4.74 Å². The van der Waals surface area contributed by atoms with E-state index in [1.165, 1.54) is 0 Å². The monoisotopic (exact) mass is 222 g/mol. The van der Waals surface area contributed by atoms with Crippen LogP contribution < -0.4 is 10.9 Å². The molecule has 0 spiro atoms. The number of rotatable bonds is 4. The van der Waals surface area contributed by atoms with E-state index in [0.717, 1.165) is 0 Å². The van der Waals surface area contributed by atoms with E-state index < -0.39 is 11.6 Å². The van der Waals surface area contributed by atoms with Gasteiger partial charge in [0, 0.05) is 12.8 Å². The third-order valence-corrected chi connectivity index (χ3v) is 2.91. The molecule has 1 saturated carbocycles. The van der Waals surface area contributed by atoms with Gasteiger partial charge in [-0.3, -0.25) is 0 Å². The van der Waals surface area contributed by atoms with Crippen LogP contribution in [0.2, 0.25) is 0 Å². The average molecular weight is 222 g/mol. The number of hydrogen-bond donors (Lipinski definition) is 2. The summed E-state index contributed by atoms with van der Waals surface area (Å²) in [6, 6.07) is 0. The molecule has 0 bridgehead atoms. The normalized spacial score (nSPS) is 27.8. The van der Waals surface area contributed by atoms with Gasteiger partial charge in [-0.1, -0.05) is 0 Å². The van der Waals surface area contributed by atoms with Gasteiger partial charge in [0.2, 0.25) is 0 Å². The van der Waals surface area contributed by atoms with Gasteiger partial charge in [-0.05, 0) is 25.3 Å². The van der Waals surface area contributed by atoms with E-state index in [9.17, 15) is 13.2 Å². The van der Waals surface area contributed by atoms with Gasteiger partial charge in [-0.25, -0.2) is 5.43 Å². The summed E-state index contributed by atoms with van der Waals surface area (Å²) in [4.78, 5) is 0. The van der Waals surface area contributed by atoms with Crippen LogP contribution in [-0.2, 0) is 4.74 Å². The Labute approximate surface area is 85.6 Å². The molecule has 1 aliphatic heterocycles. The van der Waals surface area contributed by atoms with E-state index in [-0.39, 0.29) is 32.1 Å². The summed E-state index contributed by atoms with van der Waals surface area (Å²) in [6.07, 6.45) is -0.475. The standard InChI is InChI=1S/C9H13F3N2O/c10-9(11,12)8(2-3-8)4-6-15-7-1-5-13-14-7/h1,5,7,13-14H,2-4,6H2. The van der Waals surface area contributed by atoms with Crippen LogP contribution in [0, 0.1) is 5.41 Å². The predicted molar refractivity (Wildman–Crippen MR) is 47.5 cm³/mol. The van der Waals surface area contributed by atoms with E-state index >= 15 is 0 Å². The highest BCUT2D eigenvalue weighted by atomic mass is 19.4. The Hall–Kier alpha value is -0.750. The van der Waals surface area contributed by atoms with Crippen molar-refractivity contribution >= 4 is 0 Å². The minimum atomic E-state index is -4.08. The van der Waals surface area contributed by atoms with E-state index in [2.05, 4.69) is 10.9 Å².